The van der Waals surface area contributed by atoms with Gasteiger partial charge in [-0.15, -0.1) is 13.2 Å². The lowest BCUT2D eigenvalue weighted by atomic mass is 10.1. The van der Waals surface area contributed by atoms with Crippen LogP contribution in [0, 0.1) is 6.92 Å². The van der Waals surface area contributed by atoms with Gasteiger partial charge in [0.05, 0.1) is 5.56 Å². The van der Waals surface area contributed by atoms with Gasteiger partial charge in [0.15, 0.2) is 0 Å². The van der Waals surface area contributed by atoms with Crippen LogP contribution in [0.1, 0.15) is 15.9 Å². The molecule has 1 rings (SSSR count). The van der Waals surface area contributed by atoms with Gasteiger partial charge in [0.25, 0.3) is 0 Å². The van der Waals surface area contributed by atoms with E-state index in [1.807, 2.05) is 0 Å². The van der Waals surface area contributed by atoms with Crippen LogP contribution < -0.4 is 5.73 Å². The van der Waals surface area contributed by atoms with E-state index in [0.717, 1.165) is 0 Å². The van der Waals surface area contributed by atoms with Crippen LogP contribution in [-0.2, 0) is 4.74 Å². The summed E-state index contributed by atoms with van der Waals surface area (Å²) in [6.07, 6.45) is -4.99. The molecule has 0 bridgehead atoms. The van der Waals surface area contributed by atoms with Gasteiger partial charge in [-0.25, -0.2) is 4.79 Å². The van der Waals surface area contributed by atoms with E-state index in [4.69, 9.17) is 5.73 Å². The Morgan fingerprint density at radius 2 is 2.00 bits per heavy atom. The molecule has 1 aromatic rings. The fraction of sp³-hybridized carbons (Fsp3) is 0.222. The highest BCUT2D eigenvalue weighted by atomic mass is 19.4. The van der Waals surface area contributed by atoms with E-state index < -0.39 is 12.3 Å². The minimum atomic E-state index is -4.99. The molecule has 15 heavy (non-hydrogen) atoms. The van der Waals surface area contributed by atoms with Crippen molar-refractivity contribution in [1.82, 2.24) is 0 Å². The second-order valence-corrected chi connectivity index (χ2v) is 2.93. The first-order valence-electron chi connectivity index (χ1n) is 3.96. The molecule has 0 radical (unpaired) electrons. The molecule has 1 aromatic carbocycles. The lowest BCUT2D eigenvalue weighted by molar-refractivity contribution is -0.291. The van der Waals surface area contributed by atoms with Crippen molar-refractivity contribution in [3.05, 3.63) is 29.3 Å². The number of nitrogen functional groups attached to an aromatic ring is 1. The molecular formula is C9H8F3NO2. The number of rotatable bonds is 1. The molecule has 0 amide bonds. The monoisotopic (exact) mass is 219 g/mol. The Hall–Kier alpha value is -1.72. The smallest absolute Gasteiger partial charge is 0.398 e. The Kier molecular flexibility index (Phi) is 2.88. The van der Waals surface area contributed by atoms with Crippen molar-refractivity contribution in [3.63, 3.8) is 0 Å². The standard InChI is InChI=1S/C9H8F3NO2/c1-5-2-3-7(13)6(4-5)8(14)15-9(10,11)12/h2-4H,13H2,1H3. The minimum absolute atomic E-state index is 0.0464. The second kappa shape index (κ2) is 3.80. The molecule has 0 aliphatic rings. The number of carbonyl (C=O) groups excluding carboxylic acids is 1. The van der Waals surface area contributed by atoms with E-state index in [9.17, 15) is 18.0 Å². The van der Waals surface area contributed by atoms with Gasteiger partial charge in [-0.05, 0) is 19.1 Å². The molecule has 0 fully saturated rings. The summed E-state index contributed by atoms with van der Waals surface area (Å²) in [5.41, 5.74) is 5.63. The number of ether oxygens (including phenoxy) is 1. The zero-order valence-electron chi connectivity index (χ0n) is 7.76. The molecule has 0 aliphatic heterocycles. The number of esters is 1. The van der Waals surface area contributed by atoms with Gasteiger partial charge in [-0.1, -0.05) is 11.6 Å². The molecule has 0 unspecified atom stereocenters. The average molecular weight is 219 g/mol. The predicted octanol–water partition coefficient (Wildman–Crippen LogP) is 2.25. The van der Waals surface area contributed by atoms with Crippen LogP contribution in [0.25, 0.3) is 0 Å². The van der Waals surface area contributed by atoms with Crippen LogP contribution in [0.5, 0.6) is 0 Å². The van der Waals surface area contributed by atoms with Crippen molar-refractivity contribution < 1.29 is 22.7 Å². The van der Waals surface area contributed by atoms with Crippen molar-refractivity contribution in [2.45, 2.75) is 13.3 Å². The summed E-state index contributed by atoms with van der Waals surface area (Å²) in [7, 11) is 0. The van der Waals surface area contributed by atoms with E-state index in [-0.39, 0.29) is 11.3 Å². The summed E-state index contributed by atoms with van der Waals surface area (Å²) in [5.74, 6) is -1.50. The molecule has 82 valence electrons. The number of aryl methyl sites for hydroxylation is 1. The van der Waals surface area contributed by atoms with Gasteiger partial charge in [-0.2, -0.15) is 0 Å². The van der Waals surface area contributed by atoms with Gasteiger partial charge < -0.3 is 10.5 Å². The summed E-state index contributed by atoms with van der Waals surface area (Å²) in [5, 5.41) is 0. The van der Waals surface area contributed by atoms with Crippen LogP contribution in [0.4, 0.5) is 18.9 Å². The van der Waals surface area contributed by atoms with Crippen LogP contribution in [0.15, 0.2) is 18.2 Å². The Bertz CT molecular complexity index is 387. The zero-order valence-corrected chi connectivity index (χ0v) is 7.76. The number of anilines is 1. The van der Waals surface area contributed by atoms with Crippen molar-refractivity contribution in [2.75, 3.05) is 5.73 Å². The van der Waals surface area contributed by atoms with E-state index >= 15 is 0 Å². The van der Waals surface area contributed by atoms with Crippen molar-refractivity contribution in [3.8, 4) is 0 Å². The third-order valence-corrected chi connectivity index (χ3v) is 1.64. The maximum atomic E-state index is 11.7. The average Bonchev–Trinajstić information content (AvgIpc) is 2.06. The van der Waals surface area contributed by atoms with E-state index in [0.29, 0.717) is 5.56 Å². The van der Waals surface area contributed by atoms with Crippen LogP contribution in [-0.4, -0.2) is 12.3 Å². The number of benzene rings is 1. The summed E-state index contributed by atoms with van der Waals surface area (Å²) in [6.45, 7) is 1.63. The van der Waals surface area contributed by atoms with Crippen molar-refractivity contribution in [2.24, 2.45) is 0 Å². The fourth-order valence-electron chi connectivity index (χ4n) is 1.01. The first kappa shape index (κ1) is 11.4. The summed E-state index contributed by atoms with van der Waals surface area (Å²) < 4.78 is 38.5. The summed E-state index contributed by atoms with van der Waals surface area (Å²) >= 11 is 0. The predicted molar refractivity (Wildman–Crippen MR) is 47.1 cm³/mol. The second-order valence-electron chi connectivity index (χ2n) is 2.93. The molecule has 0 saturated carbocycles. The van der Waals surface area contributed by atoms with Gasteiger partial charge in [-0.3, -0.25) is 0 Å². The number of halogens is 3. The molecule has 0 atom stereocenters. The highest BCUT2D eigenvalue weighted by Crippen LogP contribution is 2.21. The summed E-state index contributed by atoms with van der Waals surface area (Å²) in [4.78, 5) is 11.0. The normalized spacial score (nSPS) is 11.2. The van der Waals surface area contributed by atoms with Crippen LogP contribution in [0.3, 0.4) is 0 Å². The van der Waals surface area contributed by atoms with E-state index in [2.05, 4.69) is 4.74 Å². The summed E-state index contributed by atoms with van der Waals surface area (Å²) in [6, 6.07) is 4.17. The third kappa shape index (κ3) is 3.16. The molecule has 0 saturated heterocycles. The van der Waals surface area contributed by atoms with Crippen molar-refractivity contribution in [1.29, 1.82) is 0 Å². The van der Waals surface area contributed by atoms with Crippen LogP contribution in [0.2, 0.25) is 0 Å². The van der Waals surface area contributed by atoms with Gasteiger partial charge in [0, 0.05) is 5.69 Å². The number of hydrogen-bond donors (Lipinski definition) is 1. The molecule has 0 aliphatic carbocycles. The van der Waals surface area contributed by atoms with E-state index in [1.165, 1.54) is 12.1 Å². The number of hydrogen-bond acceptors (Lipinski definition) is 3. The maximum absolute atomic E-state index is 11.7. The Balaban J connectivity index is 2.96. The molecule has 2 N–H and O–H groups in total. The zero-order chi connectivity index (χ0) is 11.6. The molecule has 3 nitrogen and oxygen atoms in total. The minimum Gasteiger partial charge on any atom is -0.398 e. The lowest BCUT2D eigenvalue weighted by Crippen LogP contribution is -2.20. The van der Waals surface area contributed by atoms with Crippen molar-refractivity contribution >= 4 is 11.7 Å². The molecular weight excluding hydrogens is 211 g/mol. The molecule has 6 heteroatoms. The van der Waals surface area contributed by atoms with Gasteiger partial charge in [0.1, 0.15) is 0 Å². The molecule has 0 aromatic heterocycles. The number of carbonyl (C=O) groups is 1. The van der Waals surface area contributed by atoms with Gasteiger partial charge in [0.2, 0.25) is 0 Å². The largest absolute Gasteiger partial charge is 0.575 e. The SMILES string of the molecule is Cc1ccc(N)c(C(=O)OC(F)(F)F)c1. The first-order chi connectivity index (χ1) is 6.79. The fourth-order valence-corrected chi connectivity index (χ4v) is 1.01. The van der Waals surface area contributed by atoms with Crippen LogP contribution >= 0.6 is 0 Å². The molecule has 0 heterocycles. The highest BCUT2D eigenvalue weighted by molar-refractivity contribution is 5.95. The first-order valence-corrected chi connectivity index (χ1v) is 3.96. The van der Waals surface area contributed by atoms with E-state index in [1.54, 1.807) is 13.0 Å². The number of nitrogens with two attached hydrogens (primary N) is 1. The quantitative estimate of drug-likeness (QED) is 0.582. The third-order valence-electron chi connectivity index (χ3n) is 1.64. The molecule has 0 spiro atoms. The van der Waals surface area contributed by atoms with Gasteiger partial charge >= 0.3 is 12.3 Å². The Morgan fingerprint density at radius 1 is 1.40 bits per heavy atom. The Labute approximate surface area is 83.6 Å². The number of alkyl halides is 3. The lowest BCUT2D eigenvalue weighted by Gasteiger charge is -2.09. The maximum Gasteiger partial charge on any atom is 0.575 e. The topological polar surface area (TPSA) is 52.3 Å². The highest BCUT2D eigenvalue weighted by Gasteiger charge is 2.34. The Morgan fingerprint density at radius 3 is 2.53 bits per heavy atom.